The lowest BCUT2D eigenvalue weighted by Crippen LogP contribution is -2.49. The number of nitrogens with one attached hydrogen (secondary N) is 1. The van der Waals surface area contributed by atoms with Gasteiger partial charge in [0.1, 0.15) is 11.4 Å². The van der Waals surface area contributed by atoms with E-state index in [1.165, 1.54) is 12.1 Å². The Morgan fingerprint density at radius 3 is 2.48 bits per heavy atom. The van der Waals surface area contributed by atoms with Crippen LogP contribution in [0.5, 0.6) is 0 Å². The SMILES string of the molecule is O=C(CCN1CCN(C(=O)c2cc3ccccc3o2)CC1)Nc1ccccc1F. The third-order valence-corrected chi connectivity index (χ3v) is 5.10. The number of nitrogens with zero attached hydrogens (tertiary/aromatic N) is 2. The summed E-state index contributed by atoms with van der Waals surface area (Å²) >= 11 is 0. The quantitative estimate of drug-likeness (QED) is 0.720. The summed E-state index contributed by atoms with van der Waals surface area (Å²) in [5.41, 5.74) is 0.897. The number of anilines is 1. The van der Waals surface area contributed by atoms with Crippen molar-refractivity contribution in [3.63, 3.8) is 0 Å². The van der Waals surface area contributed by atoms with Crippen molar-refractivity contribution in [2.75, 3.05) is 38.0 Å². The van der Waals surface area contributed by atoms with Gasteiger partial charge in [0.15, 0.2) is 5.76 Å². The second kappa shape index (κ2) is 8.45. The van der Waals surface area contributed by atoms with Crippen LogP contribution in [0.1, 0.15) is 17.0 Å². The molecule has 0 spiro atoms. The fourth-order valence-electron chi connectivity index (χ4n) is 3.45. The largest absolute Gasteiger partial charge is 0.451 e. The molecule has 0 radical (unpaired) electrons. The van der Waals surface area contributed by atoms with E-state index in [-0.39, 0.29) is 23.9 Å². The van der Waals surface area contributed by atoms with Gasteiger partial charge in [0.2, 0.25) is 5.91 Å². The van der Waals surface area contributed by atoms with E-state index in [4.69, 9.17) is 4.42 Å². The van der Waals surface area contributed by atoms with Gasteiger partial charge in [0.25, 0.3) is 5.91 Å². The normalized spacial score (nSPS) is 14.9. The number of hydrogen-bond acceptors (Lipinski definition) is 4. The summed E-state index contributed by atoms with van der Waals surface area (Å²) in [6.45, 7) is 3.07. The number of carbonyl (C=O) groups excluding carboxylic acids is 2. The number of furan rings is 1. The predicted octanol–water partition coefficient (Wildman–Crippen LogP) is 3.36. The molecule has 1 aromatic heterocycles. The average molecular weight is 395 g/mol. The number of carbonyl (C=O) groups is 2. The molecule has 1 aliphatic rings. The van der Waals surface area contributed by atoms with E-state index in [0.29, 0.717) is 44.1 Å². The Balaban J connectivity index is 1.25. The van der Waals surface area contributed by atoms with Crippen LogP contribution in [0.4, 0.5) is 10.1 Å². The van der Waals surface area contributed by atoms with Crippen LogP contribution in [0.25, 0.3) is 11.0 Å². The fourth-order valence-corrected chi connectivity index (χ4v) is 3.45. The topological polar surface area (TPSA) is 65.8 Å². The molecule has 2 amide bonds. The van der Waals surface area contributed by atoms with E-state index >= 15 is 0 Å². The molecule has 1 aliphatic heterocycles. The smallest absolute Gasteiger partial charge is 0.289 e. The van der Waals surface area contributed by atoms with Gasteiger partial charge >= 0.3 is 0 Å². The molecule has 150 valence electrons. The number of amides is 2. The summed E-state index contributed by atoms with van der Waals surface area (Å²) in [6.07, 6.45) is 0.270. The monoisotopic (exact) mass is 395 g/mol. The van der Waals surface area contributed by atoms with Gasteiger partial charge in [0, 0.05) is 44.5 Å². The minimum Gasteiger partial charge on any atom is -0.451 e. The first kappa shape index (κ1) is 19.1. The van der Waals surface area contributed by atoms with E-state index in [1.54, 1.807) is 23.1 Å². The molecule has 2 aromatic carbocycles. The van der Waals surface area contributed by atoms with Crippen molar-refractivity contribution < 1.29 is 18.4 Å². The lowest BCUT2D eigenvalue weighted by molar-refractivity contribution is -0.116. The first-order valence-corrected chi connectivity index (χ1v) is 9.65. The highest BCUT2D eigenvalue weighted by Gasteiger charge is 2.24. The molecule has 0 saturated carbocycles. The molecular formula is C22H22FN3O3. The van der Waals surface area contributed by atoms with Crippen molar-refractivity contribution in [1.82, 2.24) is 9.80 Å². The van der Waals surface area contributed by atoms with Crippen LogP contribution in [0.2, 0.25) is 0 Å². The summed E-state index contributed by atoms with van der Waals surface area (Å²) in [5.74, 6) is -0.434. The molecule has 29 heavy (non-hydrogen) atoms. The summed E-state index contributed by atoms with van der Waals surface area (Å²) in [5, 5.41) is 3.51. The molecule has 4 rings (SSSR count). The Labute approximate surface area is 167 Å². The van der Waals surface area contributed by atoms with Crippen LogP contribution in [0, 0.1) is 5.82 Å². The maximum Gasteiger partial charge on any atom is 0.289 e. The molecule has 0 bridgehead atoms. The number of benzene rings is 2. The highest BCUT2D eigenvalue weighted by molar-refractivity contribution is 5.96. The molecule has 1 saturated heterocycles. The molecular weight excluding hydrogens is 373 g/mol. The van der Waals surface area contributed by atoms with Crippen LogP contribution in [0.3, 0.4) is 0 Å². The van der Waals surface area contributed by atoms with E-state index in [1.807, 2.05) is 24.3 Å². The van der Waals surface area contributed by atoms with Gasteiger partial charge in [-0.25, -0.2) is 4.39 Å². The number of piperazine rings is 1. The molecule has 1 fully saturated rings. The van der Waals surface area contributed by atoms with Gasteiger partial charge in [0.05, 0.1) is 5.69 Å². The van der Waals surface area contributed by atoms with Crippen molar-refractivity contribution in [2.24, 2.45) is 0 Å². The summed E-state index contributed by atoms with van der Waals surface area (Å²) < 4.78 is 19.3. The molecule has 0 aliphatic carbocycles. The number of para-hydroxylation sites is 2. The number of rotatable bonds is 5. The van der Waals surface area contributed by atoms with E-state index in [2.05, 4.69) is 10.2 Å². The van der Waals surface area contributed by atoms with Crippen LogP contribution < -0.4 is 5.32 Å². The second-order valence-electron chi connectivity index (χ2n) is 7.06. The van der Waals surface area contributed by atoms with Crippen molar-refractivity contribution in [3.8, 4) is 0 Å². The summed E-state index contributed by atoms with van der Waals surface area (Å²) in [4.78, 5) is 28.7. The predicted molar refractivity (Wildman–Crippen MR) is 108 cm³/mol. The van der Waals surface area contributed by atoms with E-state index in [9.17, 15) is 14.0 Å². The van der Waals surface area contributed by atoms with Crippen LogP contribution in [-0.4, -0.2) is 54.3 Å². The van der Waals surface area contributed by atoms with Crippen LogP contribution >= 0.6 is 0 Å². The van der Waals surface area contributed by atoms with Gasteiger partial charge in [-0.1, -0.05) is 30.3 Å². The zero-order valence-electron chi connectivity index (χ0n) is 15.9. The number of halogens is 1. The highest BCUT2D eigenvalue weighted by atomic mass is 19.1. The van der Waals surface area contributed by atoms with Gasteiger partial charge in [-0.3, -0.25) is 14.5 Å². The van der Waals surface area contributed by atoms with Crippen molar-refractivity contribution in [1.29, 1.82) is 0 Å². The maximum atomic E-state index is 13.6. The molecule has 1 N–H and O–H groups in total. The van der Waals surface area contributed by atoms with Crippen LogP contribution in [0.15, 0.2) is 59.0 Å². The minimum absolute atomic E-state index is 0.113. The second-order valence-corrected chi connectivity index (χ2v) is 7.06. The zero-order valence-corrected chi connectivity index (χ0v) is 15.9. The number of fused-ring (bicyclic) bond motifs is 1. The fraction of sp³-hybridized carbons (Fsp3) is 0.273. The molecule has 6 nitrogen and oxygen atoms in total. The minimum atomic E-state index is -0.446. The standard InChI is InChI=1S/C22H22FN3O3/c23-17-6-2-3-7-18(17)24-21(27)9-10-25-11-13-26(14-12-25)22(28)20-15-16-5-1-4-8-19(16)29-20/h1-8,15H,9-14H2,(H,24,27). The maximum absolute atomic E-state index is 13.6. The van der Waals surface area contributed by atoms with Crippen molar-refractivity contribution in [3.05, 3.63) is 66.2 Å². The van der Waals surface area contributed by atoms with Gasteiger partial charge in [-0.15, -0.1) is 0 Å². The molecule has 0 atom stereocenters. The Morgan fingerprint density at radius 1 is 1.00 bits per heavy atom. The first-order chi connectivity index (χ1) is 14.1. The van der Waals surface area contributed by atoms with Gasteiger partial charge in [-0.05, 0) is 24.3 Å². The number of hydrogen-bond donors (Lipinski definition) is 1. The molecule has 2 heterocycles. The lowest BCUT2D eigenvalue weighted by atomic mass is 10.2. The van der Waals surface area contributed by atoms with E-state index < -0.39 is 5.82 Å². The first-order valence-electron chi connectivity index (χ1n) is 9.65. The molecule has 3 aromatic rings. The Kier molecular flexibility index (Phi) is 5.57. The zero-order chi connectivity index (χ0) is 20.2. The molecule has 7 heteroatoms. The Morgan fingerprint density at radius 2 is 1.72 bits per heavy atom. The third-order valence-electron chi connectivity index (χ3n) is 5.10. The van der Waals surface area contributed by atoms with Gasteiger partial charge < -0.3 is 14.6 Å². The Bertz CT molecular complexity index is 992. The lowest BCUT2D eigenvalue weighted by Gasteiger charge is -2.34. The third kappa shape index (κ3) is 4.46. The van der Waals surface area contributed by atoms with Crippen molar-refractivity contribution in [2.45, 2.75) is 6.42 Å². The van der Waals surface area contributed by atoms with Crippen LogP contribution in [-0.2, 0) is 4.79 Å². The van der Waals surface area contributed by atoms with Crippen molar-refractivity contribution >= 4 is 28.5 Å². The van der Waals surface area contributed by atoms with Gasteiger partial charge in [-0.2, -0.15) is 0 Å². The van der Waals surface area contributed by atoms with E-state index in [0.717, 1.165) is 5.39 Å². The summed E-state index contributed by atoms with van der Waals surface area (Å²) in [7, 11) is 0. The Hall–Kier alpha value is -3.19. The highest BCUT2D eigenvalue weighted by Crippen LogP contribution is 2.20. The molecule has 0 unspecified atom stereocenters. The summed E-state index contributed by atoms with van der Waals surface area (Å²) in [6, 6.07) is 15.4. The average Bonchev–Trinajstić information content (AvgIpc) is 3.18.